The van der Waals surface area contributed by atoms with Gasteiger partial charge in [0.25, 0.3) is 0 Å². The van der Waals surface area contributed by atoms with Gasteiger partial charge in [-0.25, -0.2) is 0 Å². The highest BCUT2D eigenvalue weighted by atomic mass is 16.5. The second-order valence-corrected chi connectivity index (χ2v) is 8.00. The lowest BCUT2D eigenvalue weighted by Gasteiger charge is -2.27. The molecule has 2 aromatic carbocycles. The predicted octanol–water partition coefficient (Wildman–Crippen LogP) is 4.54. The molecule has 1 N–H and O–H groups in total. The maximum Gasteiger partial charge on any atom is 0.170 e. The van der Waals surface area contributed by atoms with Crippen molar-refractivity contribution in [2.45, 2.75) is 45.1 Å². The summed E-state index contributed by atoms with van der Waals surface area (Å²) < 4.78 is 17.3. The Morgan fingerprint density at radius 1 is 0.933 bits per heavy atom. The lowest BCUT2D eigenvalue weighted by molar-refractivity contribution is 0.149. The molecule has 164 valence electrons. The second-order valence-electron chi connectivity index (χ2n) is 8.00. The number of aryl methyl sites for hydroxylation is 2. The van der Waals surface area contributed by atoms with Gasteiger partial charge in [0.1, 0.15) is 12.4 Å². The largest absolute Gasteiger partial charge is 0.496 e. The fourth-order valence-electron chi connectivity index (χ4n) is 4.03. The van der Waals surface area contributed by atoms with Gasteiger partial charge in [0.05, 0.1) is 25.9 Å². The summed E-state index contributed by atoms with van der Waals surface area (Å²) in [5.41, 5.74) is 3.11. The third-order valence-electron chi connectivity index (χ3n) is 5.82. The number of benzene rings is 2. The molecule has 1 saturated heterocycles. The molecule has 0 aliphatic carbocycles. The first-order valence-corrected chi connectivity index (χ1v) is 11.0. The molecule has 5 heteroatoms. The molecule has 5 nitrogen and oxygen atoms in total. The van der Waals surface area contributed by atoms with Crippen molar-refractivity contribution in [3.05, 3.63) is 53.1 Å². The second kappa shape index (κ2) is 11.2. The average molecular weight is 414 g/mol. The summed E-state index contributed by atoms with van der Waals surface area (Å²) in [6, 6.07) is 12.1. The van der Waals surface area contributed by atoms with E-state index in [1.807, 2.05) is 12.1 Å². The normalized spacial score (nSPS) is 15.6. The molecule has 2 aromatic rings. The molecule has 0 saturated carbocycles. The molecule has 1 aliphatic rings. The lowest BCUT2D eigenvalue weighted by atomic mass is 9.98. The third-order valence-corrected chi connectivity index (χ3v) is 5.82. The van der Waals surface area contributed by atoms with E-state index in [-0.39, 0.29) is 0 Å². The minimum absolute atomic E-state index is 0.557. The fourth-order valence-corrected chi connectivity index (χ4v) is 4.03. The van der Waals surface area contributed by atoms with Crippen molar-refractivity contribution in [2.24, 2.45) is 0 Å². The molecule has 0 spiro atoms. The van der Waals surface area contributed by atoms with Crippen molar-refractivity contribution in [3.63, 3.8) is 0 Å². The van der Waals surface area contributed by atoms with Gasteiger partial charge in [0, 0.05) is 6.54 Å². The van der Waals surface area contributed by atoms with Crippen LogP contribution in [0.15, 0.2) is 36.4 Å². The summed E-state index contributed by atoms with van der Waals surface area (Å²) in [6.07, 6.45) is 4.47. The number of aliphatic hydroxyl groups excluding tert-OH is 1. The van der Waals surface area contributed by atoms with E-state index in [0.29, 0.717) is 35.8 Å². The Morgan fingerprint density at radius 2 is 1.60 bits per heavy atom. The molecule has 30 heavy (non-hydrogen) atoms. The molecule has 1 unspecified atom stereocenters. The summed E-state index contributed by atoms with van der Waals surface area (Å²) in [5.74, 6) is 1.84. The van der Waals surface area contributed by atoms with Gasteiger partial charge in [-0.2, -0.15) is 0 Å². The number of aliphatic hydroxyl groups is 1. The highest BCUT2D eigenvalue weighted by Crippen LogP contribution is 2.42. The van der Waals surface area contributed by atoms with Crippen molar-refractivity contribution < 1.29 is 19.3 Å². The number of hydrogen-bond donors (Lipinski definition) is 1. The van der Waals surface area contributed by atoms with Crippen molar-refractivity contribution in [1.29, 1.82) is 0 Å². The molecule has 1 fully saturated rings. The van der Waals surface area contributed by atoms with E-state index in [9.17, 15) is 5.11 Å². The Hall–Kier alpha value is -2.24. The molecule has 1 atom stereocenters. The summed E-state index contributed by atoms with van der Waals surface area (Å²) in [7, 11) is 3.25. The summed E-state index contributed by atoms with van der Waals surface area (Å²) in [5, 5.41) is 11.1. The van der Waals surface area contributed by atoms with E-state index in [0.717, 1.165) is 26.1 Å². The Bertz CT molecular complexity index is 784. The SMILES string of the molecule is COc1ccc(OC)c(C(O)CCc2ccc(C)cc2)c1OCCN1CCCCC1. The molecular formula is C25H35NO4. The highest BCUT2D eigenvalue weighted by Gasteiger charge is 2.23. The number of nitrogens with zero attached hydrogens (tertiary/aromatic N) is 1. The van der Waals surface area contributed by atoms with E-state index < -0.39 is 6.10 Å². The Morgan fingerprint density at radius 3 is 2.27 bits per heavy atom. The first kappa shape index (κ1) is 22.4. The van der Waals surface area contributed by atoms with Crippen molar-refractivity contribution in [3.8, 4) is 17.2 Å². The summed E-state index contributed by atoms with van der Waals surface area (Å²) >= 11 is 0. The Labute approximate surface area is 180 Å². The number of likely N-dealkylation sites (tertiary alicyclic amines) is 1. The van der Waals surface area contributed by atoms with Crippen LogP contribution in [0.5, 0.6) is 17.2 Å². The van der Waals surface area contributed by atoms with Crippen LogP contribution in [0.3, 0.4) is 0 Å². The van der Waals surface area contributed by atoms with Gasteiger partial charge in [-0.1, -0.05) is 36.2 Å². The minimum atomic E-state index is -0.707. The zero-order valence-corrected chi connectivity index (χ0v) is 18.5. The number of ether oxygens (including phenoxy) is 3. The van der Waals surface area contributed by atoms with Crippen molar-refractivity contribution >= 4 is 0 Å². The lowest BCUT2D eigenvalue weighted by Crippen LogP contribution is -2.33. The highest BCUT2D eigenvalue weighted by molar-refractivity contribution is 5.55. The molecule has 0 radical (unpaired) electrons. The average Bonchev–Trinajstić information content (AvgIpc) is 2.78. The standard InChI is InChI=1S/C25H35NO4/c1-19-7-9-20(10-8-19)11-12-21(27)24-22(28-2)13-14-23(29-3)25(24)30-18-17-26-15-5-4-6-16-26/h7-10,13-14,21,27H,4-6,11-12,15-18H2,1-3H3. The number of hydrogen-bond acceptors (Lipinski definition) is 5. The van der Waals surface area contributed by atoms with Crippen LogP contribution in [-0.4, -0.2) is 50.5 Å². The van der Waals surface area contributed by atoms with Gasteiger partial charge in [-0.05, 0) is 63.4 Å². The molecule has 0 aromatic heterocycles. The van der Waals surface area contributed by atoms with E-state index in [2.05, 4.69) is 36.1 Å². The van der Waals surface area contributed by atoms with Crippen LogP contribution in [-0.2, 0) is 6.42 Å². The maximum atomic E-state index is 11.1. The van der Waals surface area contributed by atoms with Crippen LogP contribution in [0, 0.1) is 6.92 Å². The first-order valence-electron chi connectivity index (χ1n) is 11.0. The number of methoxy groups -OCH3 is 2. The summed E-state index contributed by atoms with van der Waals surface area (Å²) in [6.45, 7) is 5.77. The molecule has 0 bridgehead atoms. The zero-order valence-electron chi connectivity index (χ0n) is 18.5. The maximum absolute atomic E-state index is 11.1. The smallest absolute Gasteiger partial charge is 0.170 e. The van der Waals surface area contributed by atoms with E-state index in [1.54, 1.807) is 14.2 Å². The van der Waals surface area contributed by atoms with Crippen LogP contribution in [0.1, 0.15) is 48.5 Å². The quantitative estimate of drug-likeness (QED) is 0.620. The van der Waals surface area contributed by atoms with Crippen LogP contribution in [0.4, 0.5) is 0 Å². The zero-order chi connectivity index (χ0) is 21.3. The summed E-state index contributed by atoms with van der Waals surface area (Å²) in [4.78, 5) is 2.43. The predicted molar refractivity (Wildman–Crippen MR) is 120 cm³/mol. The van der Waals surface area contributed by atoms with Gasteiger partial charge in [-0.15, -0.1) is 0 Å². The molecule has 0 amide bonds. The molecule has 1 heterocycles. The molecule has 1 aliphatic heterocycles. The monoisotopic (exact) mass is 413 g/mol. The van der Waals surface area contributed by atoms with Crippen LogP contribution < -0.4 is 14.2 Å². The van der Waals surface area contributed by atoms with Crippen LogP contribution in [0.25, 0.3) is 0 Å². The van der Waals surface area contributed by atoms with E-state index in [4.69, 9.17) is 14.2 Å². The van der Waals surface area contributed by atoms with Crippen LogP contribution in [0.2, 0.25) is 0 Å². The number of rotatable bonds is 10. The molecule has 3 rings (SSSR count). The minimum Gasteiger partial charge on any atom is -0.496 e. The fraction of sp³-hybridized carbons (Fsp3) is 0.520. The Balaban J connectivity index is 1.73. The van der Waals surface area contributed by atoms with E-state index in [1.165, 1.54) is 30.4 Å². The third kappa shape index (κ3) is 5.89. The van der Waals surface area contributed by atoms with Gasteiger partial charge in [0.15, 0.2) is 11.5 Å². The van der Waals surface area contributed by atoms with Gasteiger partial charge >= 0.3 is 0 Å². The van der Waals surface area contributed by atoms with Gasteiger partial charge < -0.3 is 19.3 Å². The number of piperidine rings is 1. The van der Waals surface area contributed by atoms with Crippen molar-refractivity contribution in [1.82, 2.24) is 4.90 Å². The molecular weight excluding hydrogens is 378 g/mol. The van der Waals surface area contributed by atoms with Crippen LogP contribution >= 0.6 is 0 Å². The first-order chi connectivity index (χ1) is 14.6. The van der Waals surface area contributed by atoms with Gasteiger partial charge in [-0.3, -0.25) is 4.90 Å². The topological polar surface area (TPSA) is 51.2 Å². The van der Waals surface area contributed by atoms with Gasteiger partial charge in [0.2, 0.25) is 0 Å². The van der Waals surface area contributed by atoms with E-state index >= 15 is 0 Å². The van der Waals surface area contributed by atoms with Crippen molar-refractivity contribution in [2.75, 3.05) is 40.5 Å². The Kier molecular flexibility index (Phi) is 8.40.